The van der Waals surface area contributed by atoms with E-state index in [1.807, 2.05) is 48.5 Å². The van der Waals surface area contributed by atoms with Gasteiger partial charge in [0, 0.05) is 22.6 Å². The molecule has 2 N–H and O–H groups in total. The van der Waals surface area contributed by atoms with Crippen LogP contribution in [0.25, 0.3) is 0 Å². The first-order chi connectivity index (χ1) is 10.1. The molecule has 0 aromatic heterocycles. The van der Waals surface area contributed by atoms with E-state index >= 15 is 0 Å². The Labute approximate surface area is 137 Å². The molecule has 0 radical (unpaired) electrons. The molecule has 2 rings (SSSR count). The van der Waals surface area contributed by atoms with Crippen molar-refractivity contribution in [2.75, 3.05) is 6.54 Å². The summed E-state index contributed by atoms with van der Waals surface area (Å²) in [6, 6.07) is 15.3. The van der Waals surface area contributed by atoms with Gasteiger partial charge in [0.25, 0.3) is 0 Å². The molecule has 3 nitrogen and oxygen atoms in total. The van der Waals surface area contributed by atoms with Gasteiger partial charge in [0.15, 0.2) is 0 Å². The third-order valence-corrected chi connectivity index (χ3v) is 3.72. The fourth-order valence-corrected chi connectivity index (χ4v) is 2.34. The molecule has 0 aliphatic rings. The molecule has 2 amide bonds. The van der Waals surface area contributed by atoms with Crippen molar-refractivity contribution in [2.45, 2.75) is 13.0 Å². The Balaban J connectivity index is 1.69. The Morgan fingerprint density at radius 3 is 2.52 bits per heavy atom. The van der Waals surface area contributed by atoms with Crippen molar-refractivity contribution in [1.29, 1.82) is 0 Å². The molecular weight excluding hydrogens is 352 g/mol. The van der Waals surface area contributed by atoms with Crippen LogP contribution in [0, 0.1) is 0 Å². The summed E-state index contributed by atoms with van der Waals surface area (Å²) in [5, 5.41) is 6.31. The smallest absolute Gasteiger partial charge is 0.315 e. The highest BCUT2D eigenvalue weighted by Gasteiger charge is 2.01. The van der Waals surface area contributed by atoms with Gasteiger partial charge in [-0.1, -0.05) is 51.8 Å². The molecule has 0 atom stereocenters. The summed E-state index contributed by atoms with van der Waals surface area (Å²) >= 11 is 9.29. The van der Waals surface area contributed by atoms with Crippen molar-refractivity contribution in [3.8, 4) is 0 Å². The Morgan fingerprint density at radius 2 is 1.81 bits per heavy atom. The van der Waals surface area contributed by atoms with Crippen LogP contribution in [0.4, 0.5) is 4.79 Å². The van der Waals surface area contributed by atoms with Crippen LogP contribution < -0.4 is 10.6 Å². The maximum Gasteiger partial charge on any atom is 0.315 e. The highest BCUT2D eigenvalue weighted by Crippen LogP contribution is 2.11. The fourth-order valence-electron chi connectivity index (χ4n) is 1.86. The van der Waals surface area contributed by atoms with Gasteiger partial charge in [-0.3, -0.25) is 0 Å². The minimum absolute atomic E-state index is 0.174. The van der Waals surface area contributed by atoms with E-state index in [4.69, 9.17) is 11.6 Å². The van der Waals surface area contributed by atoms with Crippen LogP contribution in [0.3, 0.4) is 0 Å². The zero-order valence-electron chi connectivity index (χ0n) is 11.4. The van der Waals surface area contributed by atoms with E-state index in [9.17, 15) is 4.79 Å². The maximum absolute atomic E-state index is 11.7. The van der Waals surface area contributed by atoms with Gasteiger partial charge in [-0.15, -0.1) is 0 Å². The zero-order chi connectivity index (χ0) is 15.1. The van der Waals surface area contributed by atoms with Gasteiger partial charge in [-0.25, -0.2) is 4.79 Å². The number of nitrogens with one attached hydrogen (secondary N) is 2. The van der Waals surface area contributed by atoms with E-state index in [0.29, 0.717) is 18.1 Å². The summed E-state index contributed by atoms with van der Waals surface area (Å²) in [6.45, 7) is 1.06. The number of amides is 2. The molecule has 0 aliphatic carbocycles. The topological polar surface area (TPSA) is 41.1 Å². The van der Waals surface area contributed by atoms with E-state index in [1.54, 1.807) is 0 Å². The normalized spacial score (nSPS) is 10.2. The molecule has 5 heteroatoms. The molecule has 0 fully saturated rings. The molecular formula is C16H16BrClN2O. The van der Waals surface area contributed by atoms with Crippen LogP contribution >= 0.6 is 27.5 Å². The number of urea groups is 1. The third kappa shape index (κ3) is 5.78. The number of carbonyl (C=O) groups excluding carboxylic acids is 1. The first-order valence-electron chi connectivity index (χ1n) is 6.64. The van der Waals surface area contributed by atoms with Crippen molar-refractivity contribution in [1.82, 2.24) is 10.6 Å². The Morgan fingerprint density at radius 1 is 1.05 bits per heavy atom. The molecule has 0 spiro atoms. The van der Waals surface area contributed by atoms with Crippen molar-refractivity contribution in [2.24, 2.45) is 0 Å². The predicted molar refractivity (Wildman–Crippen MR) is 89.5 cm³/mol. The van der Waals surface area contributed by atoms with Crippen LogP contribution in [0.5, 0.6) is 0 Å². The predicted octanol–water partition coefficient (Wildman–Crippen LogP) is 4.14. The molecule has 21 heavy (non-hydrogen) atoms. The van der Waals surface area contributed by atoms with E-state index in [-0.39, 0.29) is 6.03 Å². The van der Waals surface area contributed by atoms with Gasteiger partial charge in [0.1, 0.15) is 0 Å². The Kier molecular flexibility index (Phi) is 6.08. The van der Waals surface area contributed by atoms with Gasteiger partial charge in [0.05, 0.1) is 0 Å². The number of benzene rings is 2. The molecule has 0 saturated carbocycles. The number of hydrogen-bond acceptors (Lipinski definition) is 1. The van der Waals surface area contributed by atoms with Gasteiger partial charge in [0.2, 0.25) is 0 Å². The number of halogens is 2. The minimum atomic E-state index is -0.174. The summed E-state index contributed by atoms with van der Waals surface area (Å²) in [6.07, 6.45) is 0.803. The summed E-state index contributed by atoms with van der Waals surface area (Å²) in [7, 11) is 0. The molecule has 110 valence electrons. The van der Waals surface area contributed by atoms with Crippen molar-refractivity contribution < 1.29 is 4.79 Å². The summed E-state index contributed by atoms with van der Waals surface area (Å²) in [4.78, 5) is 11.7. The first kappa shape index (κ1) is 15.9. The largest absolute Gasteiger partial charge is 0.338 e. The fraction of sp³-hybridized carbons (Fsp3) is 0.188. The number of rotatable bonds is 5. The first-order valence-corrected chi connectivity index (χ1v) is 7.81. The monoisotopic (exact) mass is 366 g/mol. The van der Waals surface area contributed by atoms with Crippen molar-refractivity contribution in [3.05, 3.63) is 69.2 Å². The van der Waals surface area contributed by atoms with Gasteiger partial charge in [-0.05, 0) is 41.8 Å². The lowest BCUT2D eigenvalue weighted by Gasteiger charge is -2.08. The standard InChI is InChI=1S/C16H16BrClN2O/c17-14-6-4-12(5-7-14)8-9-19-16(21)20-11-13-2-1-3-15(18)10-13/h1-7,10H,8-9,11H2,(H2,19,20,21). The van der Waals surface area contributed by atoms with E-state index in [1.165, 1.54) is 5.56 Å². The molecule has 2 aromatic carbocycles. The van der Waals surface area contributed by atoms with Gasteiger partial charge >= 0.3 is 6.03 Å². The van der Waals surface area contributed by atoms with Crippen molar-refractivity contribution in [3.63, 3.8) is 0 Å². The number of carbonyl (C=O) groups is 1. The highest BCUT2D eigenvalue weighted by atomic mass is 79.9. The summed E-state index contributed by atoms with van der Waals surface area (Å²) < 4.78 is 1.05. The van der Waals surface area contributed by atoms with Crippen LogP contribution in [0.15, 0.2) is 53.0 Å². The van der Waals surface area contributed by atoms with E-state index in [0.717, 1.165) is 16.5 Å². The van der Waals surface area contributed by atoms with Crippen LogP contribution in [0.2, 0.25) is 5.02 Å². The summed E-state index contributed by atoms with van der Waals surface area (Å²) in [5.41, 5.74) is 2.17. The molecule has 0 heterocycles. The van der Waals surface area contributed by atoms with Gasteiger partial charge < -0.3 is 10.6 Å². The SMILES string of the molecule is O=C(NCCc1ccc(Br)cc1)NCc1cccc(Cl)c1. The second kappa shape index (κ2) is 8.05. The lowest BCUT2D eigenvalue weighted by molar-refractivity contribution is 0.240. The molecule has 0 saturated heterocycles. The minimum Gasteiger partial charge on any atom is -0.338 e. The second-order valence-corrected chi connectivity index (χ2v) is 5.97. The zero-order valence-corrected chi connectivity index (χ0v) is 13.7. The highest BCUT2D eigenvalue weighted by molar-refractivity contribution is 9.10. The molecule has 0 aliphatic heterocycles. The summed E-state index contributed by atoms with van der Waals surface area (Å²) in [5.74, 6) is 0. The van der Waals surface area contributed by atoms with E-state index < -0.39 is 0 Å². The van der Waals surface area contributed by atoms with Crippen LogP contribution in [-0.4, -0.2) is 12.6 Å². The van der Waals surface area contributed by atoms with Gasteiger partial charge in [-0.2, -0.15) is 0 Å². The van der Waals surface area contributed by atoms with Crippen LogP contribution in [0.1, 0.15) is 11.1 Å². The lowest BCUT2D eigenvalue weighted by atomic mass is 10.1. The van der Waals surface area contributed by atoms with Crippen LogP contribution in [-0.2, 0) is 13.0 Å². The second-order valence-electron chi connectivity index (χ2n) is 4.62. The lowest BCUT2D eigenvalue weighted by Crippen LogP contribution is -2.36. The quantitative estimate of drug-likeness (QED) is 0.819. The molecule has 0 unspecified atom stereocenters. The average Bonchev–Trinajstić information content (AvgIpc) is 2.47. The van der Waals surface area contributed by atoms with Crippen molar-refractivity contribution >= 4 is 33.6 Å². The Bertz CT molecular complexity index is 601. The van der Waals surface area contributed by atoms with E-state index in [2.05, 4.69) is 26.6 Å². The Hall–Kier alpha value is -1.52. The maximum atomic E-state index is 11.7. The third-order valence-electron chi connectivity index (χ3n) is 2.95. The number of hydrogen-bond donors (Lipinski definition) is 2. The average molecular weight is 368 g/mol. The molecule has 0 bridgehead atoms. The molecule has 2 aromatic rings.